The molecule has 37 heavy (non-hydrogen) atoms. The Bertz CT molecular complexity index is 1300. The molecular weight excluding hydrogens is 626 g/mol. The van der Waals surface area contributed by atoms with E-state index in [9.17, 15) is 19.8 Å². The molecule has 0 saturated carbocycles. The number of benzene rings is 2. The number of halogens is 2. The van der Waals surface area contributed by atoms with E-state index in [1.165, 1.54) is 3.58 Å². The third-order valence-corrected chi connectivity index (χ3v) is 10.1. The quantitative estimate of drug-likeness (QED) is 0.341. The van der Waals surface area contributed by atoms with Gasteiger partial charge in [-0.1, -0.05) is 0 Å². The molecule has 1 aliphatic carbocycles. The molecule has 2 aromatic carbocycles. The molecule has 3 N–H and O–H groups in total. The Labute approximate surface area is 234 Å². The summed E-state index contributed by atoms with van der Waals surface area (Å²) in [6.07, 6.45) is 3.28. The van der Waals surface area contributed by atoms with Gasteiger partial charge in [-0.15, -0.1) is 0 Å². The Balaban J connectivity index is 1.53. The van der Waals surface area contributed by atoms with Gasteiger partial charge in [-0.3, -0.25) is 0 Å². The number of nitrogens with one attached hydrogen (secondary N) is 1. The van der Waals surface area contributed by atoms with Crippen molar-refractivity contribution in [2.24, 2.45) is 16.8 Å². The number of ether oxygens (including phenoxy) is 2. The van der Waals surface area contributed by atoms with Crippen LogP contribution >= 0.6 is 23.2 Å². The monoisotopic (exact) mass is 650 g/mol. The summed E-state index contributed by atoms with van der Waals surface area (Å²) < 4.78 is 14.6. The van der Waals surface area contributed by atoms with Crippen LogP contribution in [-0.2, 0) is 25.7 Å². The maximum absolute atomic E-state index is 12.9. The molecule has 1 heterocycles. The van der Waals surface area contributed by atoms with E-state index < -0.39 is 57.5 Å². The number of aliphatic hydroxyl groups is 1. The molecule has 0 saturated heterocycles. The van der Waals surface area contributed by atoms with E-state index in [1.807, 2.05) is 25.1 Å². The van der Waals surface area contributed by atoms with Crippen molar-refractivity contribution < 1.29 is 29.3 Å². The Hall–Kier alpha value is -2.53. The van der Waals surface area contributed by atoms with Crippen LogP contribution in [0.25, 0.3) is 0 Å². The van der Waals surface area contributed by atoms with Gasteiger partial charge in [0.15, 0.2) is 0 Å². The molecule has 2 aliphatic rings. The second-order valence-corrected chi connectivity index (χ2v) is 13.2. The van der Waals surface area contributed by atoms with Gasteiger partial charge in [0, 0.05) is 0 Å². The molecule has 2 radical (unpaired) electrons. The number of carboxylic acid groups (broad SMARTS) is 1. The number of para-hydroxylation sites is 1. The summed E-state index contributed by atoms with van der Waals surface area (Å²) in [7, 11) is 0. The Morgan fingerprint density at radius 2 is 1.95 bits per heavy atom. The molecule has 11 heteroatoms. The summed E-state index contributed by atoms with van der Waals surface area (Å²) in [4.78, 5) is 28.9. The number of fused-ring (bicyclic) bond motifs is 1. The Kier molecular flexibility index (Phi) is 9.17. The van der Waals surface area contributed by atoms with Crippen molar-refractivity contribution in [1.82, 2.24) is 5.32 Å². The molecule has 3 unspecified atom stereocenters. The summed E-state index contributed by atoms with van der Waals surface area (Å²) in [5.74, 6) is -2.14. The van der Waals surface area contributed by atoms with Crippen molar-refractivity contribution >= 4 is 69.2 Å². The second-order valence-electron chi connectivity index (χ2n) is 8.50. The number of nitrogens with zero attached hydrogens (tertiary/aromatic N) is 1. The molecule has 0 spiro atoms. The van der Waals surface area contributed by atoms with Gasteiger partial charge < -0.3 is 0 Å². The summed E-state index contributed by atoms with van der Waals surface area (Å²) in [5, 5.41) is 21.9. The zero-order valence-electron chi connectivity index (χ0n) is 19.8. The van der Waals surface area contributed by atoms with E-state index in [0.717, 1.165) is 15.0 Å². The SMILES string of the molecule is CC1C(OC[C]2=Nc3cccc[c]3[Sn]2)=C(OCc2ccc(Cl)cc2Cl)C=CC1C(=O)NC(CO)C(=O)O. The molecule has 1 aliphatic heterocycles. The minimum absolute atomic E-state index is 0.154. The number of carboxylic acids is 1. The number of aliphatic hydroxyl groups excluding tert-OH is 1. The van der Waals surface area contributed by atoms with Gasteiger partial charge >= 0.3 is 235 Å². The van der Waals surface area contributed by atoms with Gasteiger partial charge in [0.05, 0.1) is 0 Å². The normalized spacial score (nSPS) is 19.2. The number of allylic oxidation sites excluding steroid dienone is 2. The summed E-state index contributed by atoms with van der Waals surface area (Å²) in [5.41, 5.74) is 1.71. The van der Waals surface area contributed by atoms with Crippen molar-refractivity contribution in [3.05, 3.63) is 81.7 Å². The van der Waals surface area contributed by atoms with Crippen LogP contribution in [-0.4, -0.2) is 66.2 Å². The van der Waals surface area contributed by atoms with Crippen LogP contribution in [0.1, 0.15) is 12.5 Å². The number of aliphatic carboxylic acids is 1. The standard InChI is InChI=1S/C26H24Cl2N2O6.Sn/c1-16-20(25(32)30-22(14-31)26(33)34)9-10-23(36-15-17-7-8-18(27)13-21(17)28)24(16)35-12-11-29-19-5-3-2-4-6-19;/h2-5,7-10,13,16,20,22,31H,12,14-15H2,1H3,(H,30,32)(H,33,34);. The van der Waals surface area contributed by atoms with Crippen LogP contribution in [0.5, 0.6) is 0 Å². The van der Waals surface area contributed by atoms with Gasteiger partial charge in [-0.05, 0) is 0 Å². The third kappa shape index (κ3) is 6.67. The van der Waals surface area contributed by atoms with Gasteiger partial charge in [-0.2, -0.15) is 0 Å². The first kappa shape index (κ1) is 27.5. The van der Waals surface area contributed by atoms with Crippen LogP contribution < -0.4 is 8.90 Å². The fourth-order valence-electron chi connectivity index (χ4n) is 3.93. The van der Waals surface area contributed by atoms with Crippen molar-refractivity contribution in [3.63, 3.8) is 0 Å². The van der Waals surface area contributed by atoms with E-state index in [1.54, 1.807) is 30.4 Å². The van der Waals surface area contributed by atoms with Crippen molar-refractivity contribution in [2.45, 2.75) is 19.6 Å². The average Bonchev–Trinajstić information content (AvgIpc) is 3.29. The number of hydrogen-bond acceptors (Lipinski definition) is 6. The van der Waals surface area contributed by atoms with Crippen LogP contribution in [0.4, 0.5) is 5.69 Å². The first-order valence-electron chi connectivity index (χ1n) is 11.5. The van der Waals surface area contributed by atoms with Crippen molar-refractivity contribution in [2.75, 3.05) is 13.2 Å². The molecule has 0 fully saturated rings. The molecule has 192 valence electrons. The zero-order chi connectivity index (χ0) is 26.5. The summed E-state index contributed by atoms with van der Waals surface area (Å²) in [6.45, 7) is 1.52. The molecule has 0 aromatic heterocycles. The molecular formula is C26H24Cl2N2O6Sn. The number of rotatable bonds is 10. The first-order chi connectivity index (χ1) is 17.8. The van der Waals surface area contributed by atoms with E-state index in [-0.39, 0.29) is 13.2 Å². The van der Waals surface area contributed by atoms with E-state index in [2.05, 4.69) is 11.4 Å². The Morgan fingerprint density at radius 1 is 1.16 bits per heavy atom. The van der Waals surface area contributed by atoms with Gasteiger partial charge in [-0.25, -0.2) is 0 Å². The first-order valence-corrected chi connectivity index (χ1v) is 15.1. The number of hydrogen-bond donors (Lipinski definition) is 3. The number of aliphatic imine (C=N–C) groups is 1. The van der Waals surface area contributed by atoms with E-state index >= 15 is 0 Å². The predicted molar refractivity (Wildman–Crippen MR) is 142 cm³/mol. The molecule has 3 atom stereocenters. The van der Waals surface area contributed by atoms with Gasteiger partial charge in [0.2, 0.25) is 0 Å². The number of amides is 1. The van der Waals surface area contributed by atoms with Crippen LogP contribution in [0, 0.1) is 11.8 Å². The average molecular weight is 650 g/mol. The second kappa shape index (κ2) is 12.3. The van der Waals surface area contributed by atoms with Gasteiger partial charge in [0.1, 0.15) is 0 Å². The molecule has 1 amide bonds. The number of carbonyl (C=O) groups is 2. The predicted octanol–water partition coefficient (Wildman–Crippen LogP) is 3.20. The van der Waals surface area contributed by atoms with Crippen LogP contribution in [0.2, 0.25) is 10.0 Å². The van der Waals surface area contributed by atoms with Crippen LogP contribution in [0.3, 0.4) is 0 Å². The van der Waals surface area contributed by atoms with Gasteiger partial charge in [0.25, 0.3) is 0 Å². The maximum atomic E-state index is 12.9. The molecule has 0 bridgehead atoms. The van der Waals surface area contributed by atoms with Crippen molar-refractivity contribution in [3.8, 4) is 0 Å². The van der Waals surface area contributed by atoms with E-state index in [0.29, 0.717) is 21.6 Å². The van der Waals surface area contributed by atoms with E-state index in [4.69, 9.17) is 37.7 Å². The fraction of sp³-hybridized carbons (Fsp3) is 0.269. The minimum atomic E-state index is -1.40. The number of carbonyl (C=O) groups excluding carboxylic acids is 1. The fourth-order valence-corrected chi connectivity index (χ4v) is 7.47. The van der Waals surface area contributed by atoms with Crippen LogP contribution in [0.15, 0.2) is 71.1 Å². The topological polar surface area (TPSA) is 117 Å². The van der Waals surface area contributed by atoms with Crippen molar-refractivity contribution in [1.29, 1.82) is 0 Å². The molecule has 2 aromatic rings. The molecule has 4 rings (SSSR count). The summed E-state index contributed by atoms with van der Waals surface area (Å²) in [6, 6.07) is 11.8. The Morgan fingerprint density at radius 3 is 2.65 bits per heavy atom. The molecule has 8 nitrogen and oxygen atoms in total. The summed E-state index contributed by atoms with van der Waals surface area (Å²) >= 11 is 11.2. The third-order valence-electron chi connectivity index (χ3n) is 5.95. The zero-order valence-corrected chi connectivity index (χ0v) is 24.1.